The first kappa shape index (κ1) is 13.9. The van der Waals surface area contributed by atoms with Gasteiger partial charge >= 0.3 is 5.97 Å². The third-order valence-corrected chi connectivity index (χ3v) is 1.93. The lowest BCUT2D eigenvalue weighted by atomic mass is 10.1. The van der Waals surface area contributed by atoms with Crippen molar-refractivity contribution >= 4 is 11.9 Å². The molecule has 6 nitrogen and oxygen atoms in total. The van der Waals surface area contributed by atoms with E-state index in [-0.39, 0.29) is 18.9 Å². The van der Waals surface area contributed by atoms with Gasteiger partial charge in [-0.3, -0.25) is 4.79 Å². The molecule has 87 valence electrons. The maximum absolute atomic E-state index is 11.2. The van der Waals surface area contributed by atoms with Crippen molar-refractivity contribution in [2.45, 2.75) is 31.7 Å². The molecule has 0 bridgehead atoms. The number of nitrogens with one attached hydrogen (secondary N) is 1. The molecule has 1 amide bonds. The summed E-state index contributed by atoms with van der Waals surface area (Å²) in [7, 11) is 0. The number of rotatable bonds is 8. The second-order valence-electron chi connectivity index (χ2n) is 3.30. The van der Waals surface area contributed by atoms with E-state index in [4.69, 9.17) is 11.5 Å². The van der Waals surface area contributed by atoms with Crippen molar-refractivity contribution in [3.05, 3.63) is 0 Å². The molecule has 5 N–H and O–H groups in total. The summed E-state index contributed by atoms with van der Waals surface area (Å²) in [4.78, 5) is 21.3. The number of nitrogens with two attached hydrogens (primary N) is 2. The predicted octanol–water partition coefficient (Wildman–Crippen LogP) is -1.09. The number of carbonyl (C=O) groups is 2. The van der Waals surface area contributed by atoms with E-state index in [9.17, 15) is 14.7 Å². The van der Waals surface area contributed by atoms with Crippen LogP contribution in [0.25, 0.3) is 0 Å². The molecule has 0 fully saturated rings. The fourth-order valence-electron chi connectivity index (χ4n) is 1.06. The molecule has 0 aliphatic heterocycles. The first-order chi connectivity index (χ1) is 7.07. The molecule has 0 rings (SSSR count). The zero-order valence-corrected chi connectivity index (χ0v) is 8.70. The van der Waals surface area contributed by atoms with Crippen LogP contribution in [0.2, 0.25) is 0 Å². The second-order valence-corrected chi connectivity index (χ2v) is 3.30. The first-order valence-electron chi connectivity index (χ1n) is 5.01. The normalized spacial score (nSPS) is 12.1. The monoisotopic (exact) mass is 216 g/mol. The van der Waals surface area contributed by atoms with Crippen LogP contribution in [0.5, 0.6) is 0 Å². The van der Waals surface area contributed by atoms with Crippen LogP contribution in [0, 0.1) is 0 Å². The molecule has 0 aromatic heterocycles. The van der Waals surface area contributed by atoms with E-state index in [1.165, 1.54) is 0 Å². The van der Waals surface area contributed by atoms with E-state index < -0.39 is 12.0 Å². The molecule has 0 spiro atoms. The number of unbranched alkanes of at least 4 members (excludes halogenated alkanes) is 1. The molecule has 0 saturated heterocycles. The summed E-state index contributed by atoms with van der Waals surface area (Å²) < 4.78 is 0. The molecule has 1 atom stereocenters. The standard InChI is InChI=1S/C9H18N3O3/c10-5-2-1-3-7(11)9(15)12-6-4-8(13)14/h7H,1-6,10-11H2,(H,12,15)/t7-/m1/s1. The van der Waals surface area contributed by atoms with Crippen molar-refractivity contribution in [2.24, 2.45) is 11.5 Å². The van der Waals surface area contributed by atoms with Crippen molar-refractivity contribution in [3.63, 3.8) is 0 Å². The van der Waals surface area contributed by atoms with E-state index >= 15 is 0 Å². The Morgan fingerprint density at radius 3 is 2.47 bits per heavy atom. The highest BCUT2D eigenvalue weighted by atomic mass is 16.4. The summed E-state index contributed by atoms with van der Waals surface area (Å²) in [5.74, 6) is -1.51. The fourth-order valence-corrected chi connectivity index (χ4v) is 1.06. The number of amides is 1. The first-order valence-corrected chi connectivity index (χ1v) is 5.01. The zero-order chi connectivity index (χ0) is 11.7. The molecule has 0 aliphatic rings. The van der Waals surface area contributed by atoms with Gasteiger partial charge in [0.15, 0.2) is 0 Å². The van der Waals surface area contributed by atoms with Gasteiger partial charge in [-0.1, -0.05) is 6.42 Å². The summed E-state index contributed by atoms with van der Waals surface area (Å²) in [6.07, 6.45) is 2.00. The van der Waals surface area contributed by atoms with Gasteiger partial charge in [-0.05, 0) is 19.4 Å². The van der Waals surface area contributed by atoms with Gasteiger partial charge in [0.2, 0.25) is 5.91 Å². The third-order valence-electron chi connectivity index (χ3n) is 1.93. The third kappa shape index (κ3) is 7.90. The Balaban J connectivity index is 3.55. The highest BCUT2D eigenvalue weighted by Gasteiger charge is 2.12. The van der Waals surface area contributed by atoms with Crippen LogP contribution in [0.4, 0.5) is 0 Å². The molecule has 0 aliphatic carbocycles. The van der Waals surface area contributed by atoms with Gasteiger partial charge in [0.05, 0.1) is 12.5 Å². The predicted molar refractivity (Wildman–Crippen MR) is 54.2 cm³/mol. The van der Waals surface area contributed by atoms with Gasteiger partial charge in [-0.2, -0.15) is 0 Å². The van der Waals surface area contributed by atoms with Crippen molar-refractivity contribution in [1.29, 1.82) is 0 Å². The average Bonchev–Trinajstić information content (AvgIpc) is 2.17. The Hall–Kier alpha value is -1.14. The van der Waals surface area contributed by atoms with Gasteiger partial charge in [0.1, 0.15) is 0 Å². The summed E-state index contributed by atoms with van der Waals surface area (Å²) >= 11 is 0. The van der Waals surface area contributed by atoms with Crippen molar-refractivity contribution < 1.29 is 14.7 Å². The molecule has 15 heavy (non-hydrogen) atoms. The molecule has 1 radical (unpaired) electrons. The Morgan fingerprint density at radius 2 is 1.93 bits per heavy atom. The maximum atomic E-state index is 11.2. The second kappa shape index (κ2) is 8.19. The SMILES string of the molecule is NCCCC[C@@H](N)C(=O)NCCC([O])=O. The fraction of sp³-hybridized carbons (Fsp3) is 0.778. The molecule has 6 heteroatoms. The highest BCUT2D eigenvalue weighted by molar-refractivity contribution is 5.81. The Bertz CT molecular complexity index is 209. The molecular weight excluding hydrogens is 198 g/mol. The Labute approximate surface area is 89.0 Å². The minimum absolute atomic E-state index is 0.0613. The Morgan fingerprint density at radius 1 is 1.27 bits per heavy atom. The van der Waals surface area contributed by atoms with Gasteiger partial charge in [0.25, 0.3) is 0 Å². The van der Waals surface area contributed by atoms with E-state index in [1.807, 2.05) is 0 Å². The van der Waals surface area contributed by atoms with Crippen molar-refractivity contribution in [2.75, 3.05) is 13.1 Å². The van der Waals surface area contributed by atoms with Gasteiger partial charge in [-0.25, -0.2) is 9.90 Å². The quantitative estimate of drug-likeness (QED) is 0.446. The molecule has 0 saturated carbocycles. The molecule has 0 heterocycles. The van der Waals surface area contributed by atoms with Crippen LogP contribution in [0.3, 0.4) is 0 Å². The van der Waals surface area contributed by atoms with E-state index in [0.29, 0.717) is 13.0 Å². The van der Waals surface area contributed by atoms with Crippen molar-refractivity contribution in [1.82, 2.24) is 5.32 Å². The number of hydrogen-bond acceptors (Lipinski definition) is 4. The summed E-state index contributed by atoms with van der Waals surface area (Å²) in [5, 5.41) is 12.5. The minimum Gasteiger partial charge on any atom is -0.354 e. The van der Waals surface area contributed by atoms with Crippen LogP contribution >= 0.6 is 0 Å². The van der Waals surface area contributed by atoms with E-state index in [1.54, 1.807) is 0 Å². The van der Waals surface area contributed by atoms with Crippen molar-refractivity contribution in [3.8, 4) is 0 Å². The highest BCUT2D eigenvalue weighted by Crippen LogP contribution is 1.97. The zero-order valence-electron chi connectivity index (χ0n) is 8.70. The van der Waals surface area contributed by atoms with E-state index in [0.717, 1.165) is 12.8 Å². The summed E-state index contributed by atoms with van der Waals surface area (Å²) in [6.45, 7) is 0.644. The number of carbonyl (C=O) groups excluding carboxylic acids is 2. The summed E-state index contributed by atoms with van der Waals surface area (Å²) in [6, 6.07) is -0.585. The van der Waals surface area contributed by atoms with Crippen LogP contribution in [-0.4, -0.2) is 31.0 Å². The van der Waals surface area contributed by atoms with Gasteiger partial charge in [-0.15, -0.1) is 0 Å². The smallest absolute Gasteiger partial charge is 0.354 e. The molecule has 0 aromatic rings. The van der Waals surface area contributed by atoms with Gasteiger partial charge in [0, 0.05) is 6.54 Å². The number of hydrogen-bond donors (Lipinski definition) is 3. The topological polar surface area (TPSA) is 118 Å². The molecule has 0 aromatic carbocycles. The minimum atomic E-state index is -1.19. The van der Waals surface area contributed by atoms with Gasteiger partial charge < -0.3 is 16.8 Å². The lowest BCUT2D eigenvalue weighted by molar-refractivity contribution is -0.143. The average molecular weight is 216 g/mol. The van der Waals surface area contributed by atoms with E-state index in [2.05, 4.69) is 5.32 Å². The maximum Gasteiger partial charge on any atom is 0.357 e. The van der Waals surface area contributed by atoms with Crippen LogP contribution in [0.1, 0.15) is 25.7 Å². The lowest BCUT2D eigenvalue weighted by Gasteiger charge is -2.10. The van der Waals surface area contributed by atoms with Crippen LogP contribution in [0.15, 0.2) is 0 Å². The molecular formula is C9H18N3O3. The Kier molecular flexibility index (Phi) is 7.57. The van der Waals surface area contributed by atoms with Crippen LogP contribution in [-0.2, 0) is 14.7 Å². The van der Waals surface area contributed by atoms with Crippen LogP contribution < -0.4 is 16.8 Å². The summed E-state index contributed by atoms with van der Waals surface area (Å²) in [5.41, 5.74) is 10.8. The lowest BCUT2D eigenvalue weighted by Crippen LogP contribution is -2.41. The molecule has 0 unspecified atom stereocenters. The largest absolute Gasteiger partial charge is 0.357 e.